The predicted molar refractivity (Wildman–Crippen MR) is 136 cm³/mol. The highest BCUT2D eigenvalue weighted by molar-refractivity contribution is 5.87. The van der Waals surface area contributed by atoms with Crippen LogP contribution in [0.4, 0.5) is 5.95 Å². The van der Waals surface area contributed by atoms with E-state index < -0.39 is 5.97 Å². The van der Waals surface area contributed by atoms with E-state index in [4.69, 9.17) is 10.5 Å². The molecule has 5 aromatic rings. The van der Waals surface area contributed by atoms with Crippen LogP contribution in [0, 0.1) is 0 Å². The maximum atomic E-state index is 12.5. The third kappa shape index (κ3) is 4.41. The molecule has 180 valence electrons. The maximum Gasteiger partial charge on any atom is 0.335 e. The SMILES string of the molecule is COc1ccc(-c2ccc(=O)n(Cc3cccc(C(=O)O)c3)n2)cc1Cn1c(N)nc2ccccc21. The van der Waals surface area contributed by atoms with Gasteiger partial charge in [0.05, 0.1) is 42.5 Å². The minimum absolute atomic E-state index is 0.147. The van der Waals surface area contributed by atoms with Crippen molar-refractivity contribution in [3.63, 3.8) is 0 Å². The zero-order valence-electron chi connectivity index (χ0n) is 19.5. The molecule has 0 atom stereocenters. The summed E-state index contributed by atoms with van der Waals surface area (Å²) in [4.78, 5) is 28.2. The van der Waals surface area contributed by atoms with Crippen LogP contribution >= 0.6 is 0 Å². The van der Waals surface area contributed by atoms with Crippen LogP contribution in [-0.2, 0) is 13.1 Å². The van der Waals surface area contributed by atoms with Crippen molar-refractivity contribution < 1.29 is 14.6 Å². The molecule has 9 heteroatoms. The molecule has 0 unspecified atom stereocenters. The Morgan fingerprint density at radius 3 is 2.64 bits per heavy atom. The molecule has 2 aromatic heterocycles. The van der Waals surface area contributed by atoms with E-state index in [9.17, 15) is 14.7 Å². The monoisotopic (exact) mass is 481 g/mol. The van der Waals surface area contributed by atoms with Crippen molar-refractivity contribution in [1.29, 1.82) is 0 Å². The molecule has 5 rings (SSSR count). The van der Waals surface area contributed by atoms with E-state index in [1.807, 2.05) is 47.0 Å². The fourth-order valence-corrected chi connectivity index (χ4v) is 4.18. The summed E-state index contributed by atoms with van der Waals surface area (Å²) in [5, 5.41) is 13.8. The number of fused-ring (bicyclic) bond motifs is 1. The summed E-state index contributed by atoms with van der Waals surface area (Å²) in [7, 11) is 1.61. The zero-order valence-corrected chi connectivity index (χ0v) is 19.5. The molecule has 0 aliphatic rings. The first-order valence-corrected chi connectivity index (χ1v) is 11.2. The van der Waals surface area contributed by atoms with Crippen LogP contribution in [0.5, 0.6) is 5.75 Å². The summed E-state index contributed by atoms with van der Waals surface area (Å²) < 4.78 is 8.83. The van der Waals surface area contributed by atoms with Gasteiger partial charge in [-0.25, -0.2) is 14.5 Å². The van der Waals surface area contributed by atoms with Crippen LogP contribution in [0.2, 0.25) is 0 Å². The molecule has 0 fully saturated rings. The zero-order chi connectivity index (χ0) is 25.2. The number of methoxy groups -OCH3 is 1. The molecular formula is C27H23N5O4. The topological polar surface area (TPSA) is 125 Å². The van der Waals surface area contributed by atoms with E-state index in [2.05, 4.69) is 10.1 Å². The van der Waals surface area contributed by atoms with Gasteiger partial charge in [0.1, 0.15) is 5.75 Å². The first-order chi connectivity index (χ1) is 17.4. The van der Waals surface area contributed by atoms with E-state index in [0.29, 0.717) is 29.5 Å². The molecule has 0 saturated carbocycles. The number of nitrogen functional groups attached to an aromatic ring is 1. The summed E-state index contributed by atoms with van der Waals surface area (Å²) in [6, 6.07) is 23.0. The van der Waals surface area contributed by atoms with Crippen molar-refractivity contribution in [2.45, 2.75) is 13.1 Å². The number of aromatic nitrogens is 4. The molecule has 0 spiro atoms. The average molecular weight is 482 g/mol. The quantitative estimate of drug-likeness (QED) is 0.363. The van der Waals surface area contributed by atoms with E-state index in [1.54, 1.807) is 25.3 Å². The largest absolute Gasteiger partial charge is 0.496 e. The molecule has 0 radical (unpaired) electrons. The molecule has 0 aliphatic heterocycles. The Morgan fingerprint density at radius 2 is 1.83 bits per heavy atom. The Kier molecular flexibility index (Phi) is 5.95. The van der Waals surface area contributed by atoms with Crippen molar-refractivity contribution in [3.05, 3.63) is 106 Å². The van der Waals surface area contributed by atoms with Gasteiger partial charge in [0.2, 0.25) is 5.95 Å². The fourth-order valence-electron chi connectivity index (χ4n) is 4.18. The number of carbonyl (C=O) groups is 1. The molecule has 0 bridgehead atoms. The second kappa shape index (κ2) is 9.38. The van der Waals surface area contributed by atoms with E-state index in [1.165, 1.54) is 22.9 Å². The third-order valence-electron chi connectivity index (χ3n) is 5.96. The molecule has 0 saturated heterocycles. The first-order valence-electron chi connectivity index (χ1n) is 11.2. The Hall–Kier alpha value is -4.92. The van der Waals surface area contributed by atoms with Crippen LogP contribution in [0.3, 0.4) is 0 Å². The standard InChI is InChI=1S/C27H23N5O4/c1-36-24-11-9-18(14-20(24)16-31-23-8-3-2-7-22(23)29-27(31)28)21-10-12-25(33)32(30-21)15-17-5-4-6-19(13-17)26(34)35/h2-14H,15-16H2,1H3,(H2,28,29)(H,34,35). The van der Waals surface area contributed by atoms with Crippen molar-refractivity contribution in [2.75, 3.05) is 12.8 Å². The first kappa shape index (κ1) is 22.9. The van der Waals surface area contributed by atoms with Crippen LogP contribution < -0.4 is 16.0 Å². The number of hydrogen-bond donors (Lipinski definition) is 2. The summed E-state index contributed by atoms with van der Waals surface area (Å²) in [6.07, 6.45) is 0. The highest BCUT2D eigenvalue weighted by Gasteiger charge is 2.14. The average Bonchev–Trinajstić information content (AvgIpc) is 3.20. The fraction of sp³-hybridized carbons (Fsp3) is 0.111. The minimum atomic E-state index is -1.03. The van der Waals surface area contributed by atoms with E-state index in [0.717, 1.165) is 22.2 Å². The molecule has 9 nitrogen and oxygen atoms in total. The van der Waals surface area contributed by atoms with Gasteiger partial charge >= 0.3 is 5.97 Å². The molecular weight excluding hydrogens is 458 g/mol. The van der Waals surface area contributed by atoms with Gasteiger partial charge in [0.25, 0.3) is 5.56 Å². The van der Waals surface area contributed by atoms with Gasteiger partial charge in [-0.2, -0.15) is 5.10 Å². The van der Waals surface area contributed by atoms with E-state index in [-0.39, 0.29) is 17.7 Å². The van der Waals surface area contributed by atoms with Crippen molar-refractivity contribution in [1.82, 2.24) is 19.3 Å². The van der Waals surface area contributed by atoms with Crippen molar-refractivity contribution >= 4 is 23.0 Å². The number of anilines is 1. The van der Waals surface area contributed by atoms with E-state index >= 15 is 0 Å². The predicted octanol–water partition coefficient (Wildman–Crippen LogP) is 3.65. The number of nitrogens with two attached hydrogens (primary N) is 1. The second-order valence-corrected chi connectivity index (χ2v) is 8.29. The van der Waals surface area contributed by atoms with Crippen LogP contribution in [0.15, 0.2) is 83.7 Å². The highest BCUT2D eigenvalue weighted by atomic mass is 16.5. The number of carboxylic acid groups (broad SMARTS) is 1. The lowest BCUT2D eigenvalue weighted by Crippen LogP contribution is -2.23. The van der Waals surface area contributed by atoms with Crippen molar-refractivity contribution in [3.8, 4) is 17.0 Å². The number of benzene rings is 3. The lowest BCUT2D eigenvalue weighted by Gasteiger charge is -2.14. The van der Waals surface area contributed by atoms with Crippen LogP contribution in [0.1, 0.15) is 21.5 Å². The van der Waals surface area contributed by atoms with Gasteiger partial charge in [-0.3, -0.25) is 4.79 Å². The minimum Gasteiger partial charge on any atom is -0.496 e. The molecule has 36 heavy (non-hydrogen) atoms. The molecule has 3 aromatic carbocycles. The number of para-hydroxylation sites is 2. The van der Waals surface area contributed by atoms with Gasteiger partial charge in [-0.05, 0) is 54.1 Å². The van der Waals surface area contributed by atoms with Gasteiger partial charge in [-0.1, -0.05) is 24.3 Å². The number of aromatic carboxylic acids is 1. The summed E-state index contributed by atoms with van der Waals surface area (Å²) in [6.45, 7) is 0.583. The number of hydrogen-bond acceptors (Lipinski definition) is 6. The lowest BCUT2D eigenvalue weighted by atomic mass is 10.1. The van der Waals surface area contributed by atoms with Gasteiger partial charge in [0.15, 0.2) is 0 Å². The lowest BCUT2D eigenvalue weighted by molar-refractivity contribution is 0.0696. The molecule has 3 N–H and O–H groups in total. The summed E-state index contributed by atoms with van der Waals surface area (Å²) >= 11 is 0. The molecule has 0 aliphatic carbocycles. The Bertz CT molecular complexity index is 1650. The van der Waals surface area contributed by atoms with Gasteiger partial charge < -0.3 is 20.1 Å². The van der Waals surface area contributed by atoms with Crippen LogP contribution in [0.25, 0.3) is 22.3 Å². The summed E-state index contributed by atoms with van der Waals surface area (Å²) in [5.74, 6) is 0.0663. The number of nitrogens with zero attached hydrogens (tertiary/aromatic N) is 4. The smallest absolute Gasteiger partial charge is 0.335 e. The molecule has 2 heterocycles. The second-order valence-electron chi connectivity index (χ2n) is 8.29. The summed E-state index contributed by atoms with van der Waals surface area (Å²) in [5.41, 5.74) is 10.7. The normalized spacial score (nSPS) is 11.0. The van der Waals surface area contributed by atoms with Gasteiger partial charge in [0, 0.05) is 17.2 Å². The van der Waals surface area contributed by atoms with Crippen molar-refractivity contribution in [2.24, 2.45) is 0 Å². The number of rotatable bonds is 7. The molecule has 0 amide bonds. The number of ether oxygens (including phenoxy) is 1. The Balaban J connectivity index is 1.50. The maximum absolute atomic E-state index is 12.5. The third-order valence-corrected chi connectivity index (χ3v) is 5.96. The number of carboxylic acids is 1. The Labute approximate surface area is 206 Å². The van der Waals surface area contributed by atoms with Crippen LogP contribution in [-0.4, -0.2) is 37.5 Å². The number of imidazole rings is 1. The van der Waals surface area contributed by atoms with Gasteiger partial charge in [-0.15, -0.1) is 0 Å². The Morgan fingerprint density at radius 1 is 1.00 bits per heavy atom. The highest BCUT2D eigenvalue weighted by Crippen LogP contribution is 2.28.